The first kappa shape index (κ1) is 18.2. The number of hydrogen-bond acceptors (Lipinski definition) is 5. The molecule has 7 heteroatoms. The van der Waals surface area contributed by atoms with Crippen molar-refractivity contribution >= 4 is 21.9 Å². The summed E-state index contributed by atoms with van der Waals surface area (Å²) >= 11 is 3.35. The largest absolute Gasteiger partial charge is 0.465 e. The second kappa shape index (κ2) is 8.08. The van der Waals surface area contributed by atoms with E-state index in [-0.39, 0.29) is 11.1 Å². The summed E-state index contributed by atoms with van der Waals surface area (Å²) in [5.74, 6) is -0.601. The molecule has 1 saturated heterocycles. The molecule has 0 unspecified atom stereocenters. The van der Waals surface area contributed by atoms with Crippen molar-refractivity contribution in [2.45, 2.75) is 26.4 Å². The Bertz CT molecular complexity index is 607. The zero-order chi connectivity index (χ0) is 17.0. The minimum atomic E-state index is -0.601. The van der Waals surface area contributed by atoms with Gasteiger partial charge in [0.15, 0.2) is 0 Å². The molecule has 0 aliphatic carbocycles. The zero-order valence-corrected chi connectivity index (χ0v) is 15.5. The van der Waals surface area contributed by atoms with Crippen molar-refractivity contribution in [1.29, 1.82) is 0 Å². The molecule has 1 fully saturated rings. The molecule has 1 aliphatic rings. The van der Waals surface area contributed by atoms with Gasteiger partial charge in [-0.2, -0.15) is 0 Å². The van der Waals surface area contributed by atoms with Crippen molar-refractivity contribution in [3.63, 3.8) is 0 Å². The number of carbonyl (C=O) groups is 1. The molecule has 0 spiro atoms. The highest BCUT2D eigenvalue weighted by molar-refractivity contribution is 9.10. The molecule has 128 valence electrons. The number of halogens is 1. The van der Waals surface area contributed by atoms with Gasteiger partial charge in [0.25, 0.3) is 5.56 Å². The molecule has 0 bridgehead atoms. The number of aromatic nitrogens is 1. The van der Waals surface area contributed by atoms with Crippen molar-refractivity contribution in [2.24, 2.45) is 0 Å². The Kier molecular flexibility index (Phi) is 6.38. The molecule has 23 heavy (non-hydrogen) atoms. The minimum absolute atomic E-state index is 0.0616. The number of carbonyl (C=O) groups excluding carboxylic acids is 1. The number of methoxy groups -OCH3 is 1. The maximum atomic E-state index is 12.4. The second-order valence-corrected chi connectivity index (χ2v) is 6.95. The molecule has 1 aromatic heterocycles. The smallest absolute Gasteiger partial charge is 0.343 e. The molecule has 2 heterocycles. The topological polar surface area (TPSA) is 54.8 Å². The number of piperazine rings is 1. The van der Waals surface area contributed by atoms with Crippen LogP contribution in [0.4, 0.5) is 0 Å². The van der Waals surface area contributed by atoms with E-state index in [4.69, 9.17) is 0 Å². The predicted octanol–water partition coefficient (Wildman–Crippen LogP) is 1.42. The summed E-state index contributed by atoms with van der Waals surface area (Å²) in [6.45, 7) is 9.90. The molecule has 6 nitrogen and oxygen atoms in total. The molecule has 0 N–H and O–H groups in total. The number of ether oxygens (including phenoxy) is 1. The normalized spacial score (nSPS) is 16.7. The highest BCUT2D eigenvalue weighted by Crippen LogP contribution is 2.10. The molecule has 2 rings (SSSR count). The molecule has 0 radical (unpaired) electrons. The molecular weight excluding hydrogens is 362 g/mol. The van der Waals surface area contributed by atoms with Crippen molar-refractivity contribution < 1.29 is 9.53 Å². The Morgan fingerprint density at radius 1 is 1.26 bits per heavy atom. The lowest BCUT2D eigenvalue weighted by atomic mass is 10.2. The van der Waals surface area contributed by atoms with Crippen LogP contribution in [0.1, 0.15) is 24.2 Å². The summed E-state index contributed by atoms with van der Waals surface area (Å²) in [7, 11) is 1.28. The van der Waals surface area contributed by atoms with Gasteiger partial charge in [-0.25, -0.2) is 4.79 Å². The van der Waals surface area contributed by atoms with Crippen molar-refractivity contribution in [3.8, 4) is 0 Å². The van der Waals surface area contributed by atoms with E-state index in [1.54, 1.807) is 10.8 Å². The van der Waals surface area contributed by atoms with E-state index in [2.05, 4.69) is 44.3 Å². The third-order valence-corrected chi connectivity index (χ3v) is 4.69. The van der Waals surface area contributed by atoms with Gasteiger partial charge in [0.1, 0.15) is 5.56 Å². The van der Waals surface area contributed by atoms with E-state index in [0.717, 1.165) is 32.7 Å². The Morgan fingerprint density at radius 3 is 2.48 bits per heavy atom. The molecule has 0 aromatic carbocycles. The van der Waals surface area contributed by atoms with E-state index < -0.39 is 5.97 Å². The Hall–Kier alpha value is -1.18. The summed E-state index contributed by atoms with van der Waals surface area (Å²) < 4.78 is 6.94. The number of pyridine rings is 1. The number of esters is 1. The van der Waals surface area contributed by atoms with E-state index in [0.29, 0.717) is 17.1 Å². The Labute approximate surface area is 145 Å². The molecule has 1 aliphatic heterocycles. The van der Waals surface area contributed by atoms with Crippen LogP contribution in [0.2, 0.25) is 0 Å². The third kappa shape index (κ3) is 4.65. The van der Waals surface area contributed by atoms with Gasteiger partial charge in [-0.15, -0.1) is 0 Å². The van der Waals surface area contributed by atoms with Crippen molar-refractivity contribution in [2.75, 3.05) is 39.8 Å². The third-order valence-electron chi connectivity index (χ3n) is 4.25. The SMILES string of the molecule is COC(=O)c1cc(Br)cn(CCN2CCN(C(C)C)CC2)c1=O. The number of nitrogens with zero attached hydrogens (tertiary/aromatic N) is 3. The lowest BCUT2D eigenvalue weighted by molar-refractivity contribution is 0.0597. The van der Waals surface area contributed by atoms with Gasteiger partial charge in [0.2, 0.25) is 0 Å². The molecule has 1 aromatic rings. The van der Waals surface area contributed by atoms with Crippen LogP contribution in [0.25, 0.3) is 0 Å². The van der Waals surface area contributed by atoms with E-state index >= 15 is 0 Å². The summed E-state index contributed by atoms with van der Waals surface area (Å²) in [5, 5.41) is 0. The predicted molar refractivity (Wildman–Crippen MR) is 92.9 cm³/mol. The van der Waals surface area contributed by atoms with E-state index in [1.807, 2.05) is 0 Å². The van der Waals surface area contributed by atoms with Crippen LogP contribution in [0, 0.1) is 0 Å². The van der Waals surface area contributed by atoms with Gasteiger partial charge >= 0.3 is 5.97 Å². The monoisotopic (exact) mass is 385 g/mol. The van der Waals surface area contributed by atoms with Crippen molar-refractivity contribution in [1.82, 2.24) is 14.4 Å². The maximum Gasteiger partial charge on any atom is 0.343 e. The lowest BCUT2D eigenvalue weighted by Gasteiger charge is -2.36. The Morgan fingerprint density at radius 2 is 1.91 bits per heavy atom. The fourth-order valence-corrected chi connectivity index (χ4v) is 3.25. The van der Waals surface area contributed by atoms with Crippen LogP contribution in [0.3, 0.4) is 0 Å². The summed E-state index contributed by atoms with van der Waals surface area (Å²) in [4.78, 5) is 28.8. The van der Waals surface area contributed by atoms with Crippen LogP contribution in [0.5, 0.6) is 0 Å². The average molecular weight is 386 g/mol. The standard InChI is InChI=1S/C16H24BrN3O3/c1-12(2)19-7-4-18(5-8-19)6-9-20-11-13(17)10-14(15(20)21)16(22)23-3/h10-12H,4-9H2,1-3H3. The first-order chi connectivity index (χ1) is 10.9. The van der Waals surface area contributed by atoms with Gasteiger partial charge < -0.3 is 9.30 Å². The first-order valence-electron chi connectivity index (χ1n) is 7.87. The van der Waals surface area contributed by atoms with Gasteiger partial charge in [0.05, 0.1) is 7.11 Å². The zero-order valence-electron chi connectivity index (χ0n) is 13.9. The fourth-order valence-electron chi connectivity index (χ4n) is 2.77. The van der Waals surface area contributed by atoms with E-state index in [1.165, 1.54) is 13.2 Å². The van der Waals surface area contributed by atoms with Gasteiger partial charge in [-0.05, 0) is 35.8 Å². The van der Waals surface area contributed by atoms with Gasteiger partial charge in [0, 0.05) is 56.0 Å². The van der Waals surface area contributed by atoms with Gasteiger partial charge in [-0.1, -0.05) is 0 Å². The summed E-state index contributed by atoms with van der Waals surface area (Å²) in [6, 6.07) is 2.08. The average Bonchev–Trinajstić information content (AvgIpc) is 2.54. The molecule has 0 amide bonds. The van der Waals surface area contributed by atoms with Crippen LogP contribution in [-0.2, 0) is 11.3 Å². The van der Waals surface area contributed by atoms with Crippen LogP contribution >= 0.6 is 15.9 Å². The maximum absolute atomic E-state index is 12.4. The number of rotatable bonds is 5. The van der Waals surface area contributed by atoms with Crippen molar-refractivity contribution in [3.05, 3.63) is 32.7 Å². The first-order valence-corrected chi connectivity index (χ1v) is 8.66. The quantitative estimate of drug-likeness (QED) is 0.717. The van der Waals surface area contributed by atoms with Crippen LogP contribution in [0.15, 0.2) is 21.5 Å². The van der Waals surface area contributed by atoms with E-state index in [9.17, 15) is 9.59 Å². The molecule has 0 atom stereocenters. The second-order valence-electron chi connectivity index (χ2n) is 6.03. The fraction of sp³-hybridized carbons (Fsp3) is 0.625. The van der Waals surface area contributed by atoms with Crippen LogP contribution < -0.4 is 5.56 Å². The minimum Gasteiger partial charge on any atom is -0.465 e. The Balaban J connectivity index is 2.00. The van der Waals surface area contributed by atoms with Crippen LogP contribution in [-0.4, -0.2) is 66.2 Å². The number of hydrogen-bond donors (Lipinski definition) is 0. The molecular formula is C16H24BrN3O3. The molecule has 0 saturated carbocycles. The van der Waals surface area contributed by atoms with Gasteiger partial charge in [-0.3, -0.25) is 14.6 Å². The highest BCUT2D eigenvalue weighted by atomic mass is 79.9. The summed E-state index contributed by atoms with van der Waals surface area (Å²) in [5.41, 5.74) is -0.243. The summed E-state index contributed by atoms with van der Waals surface area (Å²) in [6.07, 6.45) is 1.72. The highest BCUT2D eigenvalue weighted by Gasteiger charge is 2.19. The lowest BCUT2D eigenvalue weighted by Crippen LogP contribution is -2.49.